The fraction of sp³-hybridized carbons (Fsp3) is 0.250. The molecular formula is C20H20N2O3S. The van der Waals surface area contributed by atoms with Gasteiger partial charge in [0.2, 0.25) is 0 Å². The fourth-order valence-electron chi connectivity index (χ4n) is 3.13. The number of fused-ring (bicyclic) bond motifs is 1. The van der Waals surface area contributed by atoms with Crippen LogP contribution in [0.2, 0.25) is 0 Å². The monoisotopic (exact) mass is 368 g/mol. The van der Waals surface area contributed by atoms with Crippen LogP contribution >= 0.6 is 11.3 Å². The first kappa shape index (κ1) is 16.9. The number of nitrogens with one attached hydrogen (secondary N) is 1. The zero-order valence-corrected chi connectivity index (χ0v) is 15.3. The molecule has 2 amide bonds. The maximum absolute atomic E-state index is 12.5. The average molecular weight is 368 g/mol. The highest BCUT2D eigenvalue weighted by Gasteiger charge is 2.19. The first-order valence-corrected chi connectivity index (χ1v) is 9.37. The molecule has 2 aromatic carbocycles. The number of ether oxygens (including phenoxy) is 2. The van der Waals surface area contributed by atoms with Gasteiger partial charge in [-0.15, -0.1) is 11.3 Å². The van der Waals surface area contributed by atoms with Crippen molar-refractivity contribution in [3.05, 3.63) is 48.5 Å². The highest BCUT2D eigenvalue weighted by Crippen LogP contribution is 2.42. The molecule has 1 N–H and O–H groups in total. The van der Waals surface area contributed by atoms with Crippen molar-refractivity contribution in [3.8, 4) is 16.9 Å². The van der Waals surface area contributed by atoms with Gasteiger partial charge in [-0.05, 0) is 29.3 Å². The number of benzene rings is 2. The second-order valence-corrected chi connectivity index (χ2v) is 7.12. The summed E-state index contributed by atoms with van der Waals surface area (Å²) in [4.78, 5) is 14.3. The van der Waals surface area contributed by atoms with Gasteiger partial charge in [0, 0.05) is 23.2 Å². The number of thiophene rings is 1. The van der Waals surface area contributed by atoms with Crippen molar-refractivity contribution in [2.24, 2.45) is 0 Å². The number of nitrogens with zero attached hydrogens (tertiary/aromatic N) is 1. The number of anilines is 1. The third kappa shape index (κ3) is 3.25. The minimum Gasteiger partial charge on any atom is -0.496 e. The number of amides is 2. The molecule has 0 atom stereocenters. The molecule has 3 aromatic rings. The van der Waals surface area contributed by atoms with Crippen molar-refractivity contribution in [1.29, 1.82) is 0 Å². The van der Waals surface area contributed by atoms with Gasteiger partial charge in [-0.3, -0.25) is 5.32 Å². The van der Waals surface area contributed by atoms with E-state index in [1.165, 1.54) is 0 Å². The van der Waals surface area contributed by atoms with Crippen LogP contribution in [0.25, 0.3) is 21.2 Å². The van der Waals surface area contributed by atoms with Crippen LogP contribution in [0, 0.1) is 0 Å². The van der Waals surface area contributed by atoms with E-state index in [4.69, 9.17) is 9.47 Å². The molecule has 1 saturated heterocycles. The van der Waals surface area contributed by atoms with Gasteiger partial charge in [-0.1, -0.05) is 30.3 Å². The minimum absolute atomic E-state index is 0.0833. The van der Waals surface area contributed by atoms with E-state index in [-0.39, 0.29) is 6.03 Å². The van der Waals surface area contributed by atoms with Crippen LogP contribution in [0.4, 0.5) is 9.80 Å². The predicted molar refractivity (Wildman–Crippen MR) is 105 cm³/mol. The Kier molecular flexibility index (Phi) is 4.77. The highest BCUT2D eigenvalue weighted by molar-refractivity contribution is 7.23. The number of carbonyl (C=O) groups is 1. The lowest BCUT2D eigenvalue weighted by atomic mass is 10.0. The number of urea groups is 1. The summed E-state index contributed by atoms with van der Waals surface area (Å²) < 4.78 is 11.9. The molecule has 0 spiro atoms. The predicted octanol–water partition coefficient (Wildman–Crippen LogP) is 4.44. The SMILES string of the molecule is COc1ccc(-c2ccccc2)c2sc(NC(=O)N3CCOCC3)cc12. The van der Waals surface area contributed by atoms with Crippen LogP contribution in [0.1, 0.15) is 0 Å². The van der Waals surface area contributed by atoms with Gasteiger partial charge < -0.3 is 14.4 Å². The van der Waals surface area contributed by atoms with E-state index in [0.29, 0.717) is 26.3 Å². The molecule has 0 bridgehead atoms. The first-order chi connectivity index (χ1) is 12.8. The van der Waals surface area contributed by atoms with Crippen LogP contribution in [-0.4, -0.2) is 44.3 Å². The second-order valence-electron chi connectivity index (χ2n) is 6.06. The molecule has 0 saturated carbocycles. The summed E-state index contributed by atoms with van der Waals surface area (Å²) in [5.41, 5.74) is 2.28. The van der Waals surface area contributed by atoms with Gasteiger partial charge in [0.25, 0.3) is 0 Å². The largest absolute Gasteiger partial charge is 0.496 e. The van der Waals surface area contributed by atoms with Crippen LogP contribution < -0.4 is 10.1 Å². The number of hydrogen-bond acceptors (Lipinski definition) is 4. The molecule has 6 heteroatoms. The summed E-state index contributed by atoms with van der Waals surface area (Å²) in [6, 6.07) is 16.2. The van der Waals surface area contributed by atoms with Gasteiger partial charge >= 0.3 is 6.03 Å². The quantitative estimate of drug-likeness (QED) is 0.743. The lowest BCUT2D eigenvalue weighted by Crippen LogP contribution is -2.42. The molecule has 1 fully saturated rings. The Morgan fingerprint density at radius 3 is 2.65 bits per heavy atom. The molecule has 1 aromatic heterocycles. The number of carbonyl (C=O) groups excluding carboxylic acids is 1. The number of morpholine rings is 1. The topological polar surface area (TPSA) is 50.8 Å². The summed E-state index contributed by atoms with van der Waals surface area (Å²) in [6.45, 7) is 2.42. The highest BCUT2D eigenvalue weighted by atomic mass is 32.1. The van der Waals surface area contributed by atoms with Crippen LogP contribution in [0.3, 0.4) is 0 Å². The van der Waals surface area contributed by atoms with Crippen molar-refractivity contribution < 1.29 is 14.3 Å². The third-order valence-corrected chi connectivity index (χ3v) is 5.56. The van der Waals surface area contributed by atoms with Gasteiger partial charge in [0.15, 0.2) is 0 Å². The minimum atomic E-state index is -0.0833. The first-order valence-electron chi connectivity index (χ1n) is 8.56. The van der Waals surface area contributed by atoms with Crippen molar-refractivity contribution in [1.82, 2.24) is 4.90 Å². The van der Waals surface area contributed by atoms with E-state index < -0.39 is 0 Å². The Bertz CT molecular complexity index is 917. The van der Waals surface area contributed by atoms with Gasteiger partial charge in [-0.25, -0.2) is 4.79 Å². The molecule has 26 heavy (non-hydrogen) atoms. The average Bonchev–Trinajstić information content (AvgIpc) is 3.12. The fourth-order valence-corrected chi connectivity index (χ4v) is 4.23. The van der Waals surface area contributed by atoms with E-state index in [1.807, 2.05) is 30.3 Å². The summed E-state index contributed by atoms with van der Waals surface area (Å²) in [5.74, 6) is 0.808. The molecule has 5 nitrogen and oxygen atoms in total. The van der Waals surface area contributed by atoms with E-state index in [1.54, 1.807) is 23.3 Å². The molecule has 4 rings (SSSR count). The Hall–Kier alpha value is -2.57. The zero-order valence-electron chi connectivity index (χ0n) is 14.5. The Labute approximate surface area is 156 Å². The van der Waals surface area contributed by atoms with E-state index in [2.05, 4.69) is 23.5 Å². The molecule has 2 heterocycles. The number of hydrogen-bond donors (Lipinski definition) is 1. The van der Waals surface area contributed by atoms with Gasteiger partial charge in [0.1, 0.15) is 5.75 Å². The van der Waals surface area contributed by atoms with E-state index >= 15 is 0 Å². The molecular weight excluding hydrogens is 348 g/mol. The van der Waals surface area contributed by atoms with E-state index in [0.717, 1.165) is 32.0 Å². The molecule has 0 unspecified atom stereocenters. The summed E-state index contributed by atoms with van der Waals surface area (Å²) in [7, 11) is 1.67. The second kappa shape index (κ2) is 7.35. The molecule has 0 aliphatic carbocycles. The summed E-state index contributed by atoms with van der Waals surface area (Å²) in [6.07, 6.45) is 0. The van der Waals surface area contributed by atoms with E-state index in [9.17, 15) is 4.79 Å². The lowest BCUT2D eigenvalue weighted by Gasteiger charge is -2.26. The summed E-state index contributed by atoms with van der Waals surface area (Å²) >= 11 is 1.57. The van der Waals surface area contributed by atoms with Crippen LogP contribution in [0.15, 0.2) is 48.5 Å². The Morgan fingerprint density at radius 1 is 1.15 bits per heavy atom. The maximum atomic E-state index is 12.5. The standard InChI is InChI=1S/C20H20N2O3S/c1-24-17-8-7-15(14-5-3-2-4-6-14)19-16(17)13-18(26-19)21-20(23)22-9-11-25-12-10-22/h2-8,13H,9-12H2,1H3,(H,21,23). The zero-order chi connectivity index (χ0) is 17.9. The van der Waals surface area contributed by atoms with Gasteiger partial charge in [0.05, 0.1) is 25.3 Å². The Balaban J connectivity index is 1.70. The van der Waals surface area contributed by atoms with Crippen LogP contribution in [-0.2, 0) is 4.74 Å². The molecule has 134 valence electrons. The summed E-state index contributed by atoms with van der Waals surface area (Å²) in [5, 5.41) is 4.85. The normalized spacial score (nSPS) is 14.4. The Morgan fingerprint density at radius 2 is 1.92 bits per heavy atom. The van der Waals surface area contributed by atoms with Crippen LogP contribution in [0.5, 0.6) is 5.75 Å². The van der Waals surface area contributed by atoms with Crippen molar-refractivity contribution in [3.63, 3.8) is 0 Å². The van der Waals surface area contributed by atoms with Crippen molar-refractivity contribution in [2.75, 3.05) is 38.7 Å². The van der Waals surface area contributed by atoms with Gasteiger partial charge in [-0.2, -0.15) is 0 Å². The maximum Gasteiger partial charge on any atom is 0.322 e. The lowest BCUT2D eigenvalue weighted by molar-refractivity contribution is 0.0565. The van der Waals surface area contributed by atoms with Crippen molar-refractivity contribution in [2.45, 2.75) is 0 Å². The number of rotatable bonds is 3. The smallest absolute Gasteiger partial charge is 0.322 e. The molecule has 1 aliphatic heterocycles. The number of methoxy groups -OCH3 is 1. The molecule has 1 aliphatic rings. The third-order valence-electron chi connectivity index (χ3n) is 4.48. The van der Waals surface area contributed by atoms with Crippen molar-refractivity contribution >= 4 is 32.5 Å². The molecule has 0 radical (unpaired) electrons.